The number of fused-ring (bicyclic) bond motifs is 1. The van der Waals surface area contributed by atoms with E-state index < -0.39 is 12.1 Å². The van der Waals surface area contributed by atoms with Crippen LogP contribution in [0.3, 0.4) is 0 Å². The van der Waals surface area contributed by atoms with Crippen LogP contribution in [-0.2, 0) is 22.4 Å². The van der Waals surface area contributed by atoms with Gasteiger partial charge in [-0.1, -0.05) is 48.5 Å². The zero-order valence-electron chi connectivity index (χ0n) is 17.4. The molecule has 0 saturated carbocycles. The summed E-state index contributed by atoms with van der Waals surface area (Å²) in [5, 5.41) is 6.61. The number of carbonyl (C=O) groups is 3. The topological polar surface area (TPSA) is 94.3 Å². The number of aromatic nitrogens is 1. The fraction of sp³-hybridized carbons (Fsp3) is 0.292. The van der Waals surface area contributed by atoms with Crippen molar-refractivity contribution >= 4 is 28.7 Å². The number of aryl methyl sites for hydroxylation is 1. The molecule has 0 bridgehead atoms. The van der Waals surface area contributed by atoms with Crippen LogP contribution in [-0.4, -0.2) is 46.4 Å². The van der Waals surface area contributed by atoms with Crippen molar-refractivity contribution in [2.45, 2.75) is 38.3 Å². The van der Waals surface area contributed by atoms with Crippen molar-refractivity contribution in [3.05, 3.63) is 71.9 Å². The molecule has 4 rings (SSSR count). The van der Waals surface area contributed by atoms with Crippen LogP contribution in [0.15, 0.2) is 60.8 Å². The number of imide groups is 1. The Hall–Kier alpha value is -3.61. The van der Waals surface area contributed by atoms with E-state index in [9.17, 15) is 14.4 Å². The Bertz CT molecular complexity index is 1090. The number of H-pyrrole nitrogens is 1. The van der Waals surface area contributed by atoms with Gasteiger partial charge in [0.25, 0.3) is 5.91 Å². The highest BCUT2D eigenvalue weighted by Gasteiger charge is 2.39. The van der Waals surface area contributed by atoms with Crippen LogP contribution >= 0.6 is 0 Å². The first-order valence-corrected chi connectivity index (χ1v) is 10.5. The summed E-state index contributed by atoms with van der Waals surface area (Å²) in [6.07, 6.45) is 3.85. The minimum atomic E-state index is -0.671. The third kappa shape index (κ3) is 4.77. The van der Waals surface area contributed by atoms with Crippen molar-refractivity contribution in [1.29, 1.82) is 0 Å². The third-order valence-electron chi connectivity index (χ3n) is 5.62. The molecule has 7 heteroatoms. The highest BCUT2D eigenvalue weighted by Crippen LogP contribution is 2.21. The van der Waals surface area contributed by atoms with Crippen molar-refractivity contribution in [2.75, 3.05) is 6.54 Å². The number of carbonyl (C=O) groups excluding carboxylic acids is 3. The van der Waals surface area contributed by atoms with Gasteiger partial charge in [0.1, 0.15) is 12.6 Å². The SMILES string of the molecule is C[C@H](CCc1ccccc1)NC(=O)CN1C(=O)N[C@@H](Cc2c[nH]c3ccccc23)C1=O. The van der Waals surface area contributed by atoms with Gasteiger partial charge in [0.15, 0.2) is 0 Å². The lowest BCUT2D eigenvalue weighted by Crippen LogP contribution is -2.44. The fourth-order valence-electron chi connectivity index (χ4n) is 3.95. The molecule has 1 aliphatic rings. The maximum Gasteiger partial charge on any atom is 0.325 e. The molecule has 1 saturated heterocycles. The molecule has 4 amide bonds. The van der Waals surface area contributed by atoms with Gasteiger partial charge in [-0.3, -0.25) is 14.5 Å². The zero-order chi connectivity index (χ0) is 21.8. The third-order valence-corrected chi connectivity index (χ3v) is 5.62. The van der Waals surface area contributed by atoms with Gasteiger partial charge in [0.2, 0.25) is 5.91 Å². The van der Waals surface area contributed by atoms with Crippen molar-refractivity contribution in [3.8, 4) is 0 Å². The van der Waals surface area contributed by atoms with Gasteiger partial charge in [0, 0.05) is 29.6 Å². The summed E-state index contributed by atoms with van der Waals surface area (Å²) in [6.45, 7) is 1.65. The van der Waals surface area contributed by atoms with Gasteiger partial charge in [-0.25, -0.2) is 4.79 Å². The largest absolute Gasteiger partial charge is 0.361 e. The summed E-state index contributed by atoms with van der Waals surface area (Å²) in [5.41, 5.74) is 3.14. The summed E-state index contributed by atoms with van der Waals surface area (Å²) < 4.78 is 0. The molecule has 0 radical (unpaired) electrons. The maximum atomic E-state index is 12.8. The van der Waals surface area contributed by atoms with Crippen molar-refractivity contribution in [3.63, 3.8) is 0 Å². The smallest absolute Gasteiger partial charge is 0.325 e. The summed E-state index contributed by atoms with van der Waals surface area (Å²) in [5.74, 6) is -0.709. The minimum Gasteiger partial charge on any atom is -0.361 e. The van der Waals surface area contributed by atoms with Crippen LogP contribution in [0.25, 0.3) is 10.9 Å². The molecule has 160 valence electrons. The first-order valence-electron chi connectivity index (χ1n) is 10.5. The van der Waals surface area contributed by atoms with Gasteiger partial charge in [-0.15, -0.1) is 0 Å². The molecular formula is C24H26N4O3. The Labute approximate surface area is 180 Å². The van der Waals surface area contributed by atoms with Crippen LogP contribution in [0, 0.1) is 0 Å². The lowest BCUT2D eigenvalue weighted by atomic mass is 10.1. The van der Waals surface area contributed by atoms with Gasteiger partial charge < -0.3 is 15.6 Å². The predicted molar refractivity (Wildman–Crippen MR) is 118 cm³/mol. The van der Waals surface area contributed by atoms with Crippen LogP contribution in [0.1, 0.15) is 24.5 Å². The van der Waals surface area contributed by atoms with E-state index in [1.165, 1.54) is 5.56 Å². The number of hydrogen-bond acceptors (Lipinski definition) is 3. The van der Waals surface area contributed by atoms with Crippen molar-refractivity contribution < 1.29 is 14.4 Å². The number of hydrogen-bond donors (Lipinski definition) is 3. The number of nitrogens with zero attached hydrogens (tertiary/aromatic N) is 1. The molecule has 1 fully saturated rings. The zero-order valence-corrected chi connectivity index (χ0v) is 17.4. The molecule has 7 nitrogen and oxygen atoms in total. The lowest BCUT2D eigenvalue weighted by Gasteiger charge is -2.17. The van der Waals surface area contributed by atoms with E-state index in [1.54, 1.807) is 0 Å². The van der Waals surface area contributed by atoms with Crippen LogP contribution < -0.4 is 10.6 Å². The molecule has 1 aliphatic heterocycles. The molecule has 2 heterocycles. The average molecular weight is 418 g/mol. The van der Waals surface area contributed by atoms with Crippen LogP contribution in [0.2, 0.25) is 0 Å². The molecule has 3 N–H and O–H groups in total. The number of para-hydroxylation sites is 1. The Morgan fingerprint density at radius 1 is 1.10 bits per heavy atom. The first-order chi connectivity index (χ1) is 15.0. The van der Waals surface area contributed by atoms with E-state index in [-0.39, 0.29) is 24.4 Å². The van der Waals surface area contributed by atoms with Gasteiger partial charge in [-0.2, -0.15) is 0 Å². The molecule has 0 aliphatic carbocycles. The average Bonchev–Trinajstić information content (AvgIpc) is 3.29. The van der Waals surface area contributed by atoms with E-state index in [2.05, 4.69) is 27.8 Å². The second-order valence-electron chi connectivity index (χ2n) is 7.98. The monoisotopic (exact) mass is 418 g/mol. The number of urea groups is 1. The number of rotatable bonds is 8. The van der Waals surface area contributed by atoms with E-state index in [0.717, 1.165) is 34.2 Å². The molecule has 3 aromatic rings. The maximum absolute atomic E-state index is 12.8. The summed E-state index contributed by atoms with van der Waals surface area (Å²) in [7, 11) is 0. The molecule has 0 unspecified atom stereocenters. The van der Waals surface area contributed by atoms with E-state index in [1.807, 2.05) is 55.6 Å². The Balaban J connectivity index is 1.30. The quantitative estimate of drug-likeness (QED) is 0.491. The second-order valence-corrected chi connectivity index (χ2v) is 7.98. The molecule has 2 aromatic carbocycles. The van der Waals surface area contributed by atoms with Crippen LogP contribution in [0.4, 0.5) is 4.79 Å². The highest BCUT2D eigenvalue weighted by molar-refractivity contribution is 6.06. The van der Waals surface area contributed by atoms with Crippen molar-refractivity contribution in [1.82, 2.24) is 20.5 Å². The molecule has 1 aromatic heterocycles. The Morgan fingerprint density at radius 3 is 2.65 bits per heavy atom. The summed E-state index contributed by atoms with van der Waals surface area (Å²) in [6, 6.07) is 16.6. The van der Waals surface area contributed by atoms with E-state index in [0.29, 0.717) is 6.42 Å². The van der Waals surface area contributed by atoms with E-state index >= 15 is 0 Å². The fourth-order valence-corrected chi connectivity index (χ4v) is 3.95. The number of nitrogens with one attached hydrogen (secondary N) is 3. The number of aromatic amines is 1. The molecule has 2 atom stereocenters. The van der Waals surface area contributed by atoms with E-state index in [4.69, 9.17) is 0 Å². The predicted octanol–water partition coefficient (Wildman–Crippen LogP) is 2.77. The normalized spacial score (nSPS) is 17.1. The Kier molecular flexibility index (Phi) is 6.02. The standard InChI is InChI=1S/C24H26N4O3/c1-16(11-12-17-7-3-2-4-8-17)26-22(29)15-28-23(30)21(27-24(28)31)13-18-14-25-20-10-6-5-9-19(18)20/h2-10,14,16,21,25H,11-13,15H2,1H3,(H,26,29)(H,27,31)/t16-,21+/m1/s1. The Morgan fingerprint density at radius 2 is 1.84 bits per heavy atom. The summed E-state index contributed by atoms with van der Waals surface area (Å²) >= 11 is 0. The molecular weight excluding hydrogens is 392 g/mol. The van der Waals surface area contributed by atoms with Crippen LogP contribution in [0.5, 0.6) is 0 Å². The first kappa shape index (κ1) is 20.7. The van der Waals surface area contributed by atoms with Crippen molar-refractivity contribution in [2.24, 2.45) is 0 Å². The highest BCUT2D eigenvalue weighted by atomic mass is 16.2. The minimum absolute atomic E-state index is 0.0597. The van der Waals surface area contributed by atoms with Gasteiger partial charge in [0.05, 0.1) is 0 Å². The summed E-state index contributed by atoms with van der Waals surface area (Å²) in [4.78, 5) is 41.7. The van der Waals surface area contributed by atoms with Gasteiger partial charge in [-0.05, 0) is 37.0 Å². The second kappa shape index (κ2) is 9.04. The molecule has 31 heavy (non-hydrogen) atoms. The number of benzene rings is 2. The lowest BCUT2D eigenvalue weighted by molar-refractivity contribution is -0.132. The van der Waals surface area contributed by atoms with Gasteiger partial charge >= 0.3 is 6.03 Å². The number of amides is 4. The molecule has 0 spiro atoms.